The molecular weight excluding hydrogens is 278 g/mol. The van der Waals surface area contributed by atoms with Gasteiger partial charge in [-0.15, -0.1) is 11.6 Å². The first-order valence-electron chi connectivity index (χ1n) is 5.66. The molecule has 0 amide bonds. The monoisotopic (exact) mass is 290 g/mol. The summed E-state index contributed by atoms with van der Waals surface area (Å²) in [6.45, 7) is 3.01. The Hall–Kier alpha value is -1.49. The van der Waals surface area contributed by atoms with Crippen LogP contribution >= 0.6 is 11.6 Å². The minimum absolute atomic E-state index is 0.0611. The second-order valence-electron chi connectivity index (χ2n) is 3.77. The third-order valence-electron chi connectivity index (χ3n) is 2.45. The topological polar surface area (TPSA) is 43.4 Å². The molecule has 0 radical (unpaired) electrons. The van der Waals surface area contributed by atoms with Crippen LogP contribution in [-0.2, 0) is 4.74 Å². The molecular formula is C13H13ClF2O3. The summed E-state index contributed by atoms with van der Waals surface area (Å²) in [5.74, 6) is -1.53. The van der Waals surface area contributed by atoms with E-state index in [0.29, 0.717) is 0 Å². The minimum Gasteiger partial charge on any atom is -0.462 e. The van der Waals surface area contributed by atoms with Crippen LogP contribution in [0.15, 0.2) is 18.2 Å². The van der Waals surface area contributed by atoms with E-state index in [4.69, 9.17) is 16.3 Å². The number of ketones is 1. The molecule has 104 valence electrons. The molecule has 0 heterocycles. The van der Waals surface area contributed by atoms with Crippen LogP contribution in [0.1, 0.15) is 46.6 Å². The molecule has 0 N–H and O–H groups in total. The van der Waals surface area contributed by atoms with E-state index in [-0.39, 0.29) is 17.7 Å². The molecule has 1 atom stereocenters. The number of hydrogen-bond acceptors (Lipinski definition) is 3. The van der Waals surface area contributed by atoms with Gasteiger partial charge in [-0.1, -0.05) is 12.1 Å². The number of halogens is 3. The van der Waals surface area contributed by atoms with Gasteiger partial charge in [0.2, 0.25) is 0 Å². The Morgan fingerprint density at radius 1 is 1.32 bits per heavy atom. The molecule has 0 bridgehead atoms. The molecule has 1 aromatic rings. The highest BCUT2D eigenvalue weighted by molar-refractivity contribution is 6.33. The SMILES string of the molecule is CCOC(=O)c1cccc(C(=O)C(C)Cl)c1C(F)F. The van der Waals surface area contributed by atoms with Gasteiger partial charge in [0, 0.05) is 11.1 Å². The van der Waals surface area contributed by atoms with Crippen LogP contribution in [0, 0.1) is 0 Å². The van der Waals surface area contributed by atoms with Crippen molar-refractivity contribution in [2.45, 2.75) is 25.7 Å². The summed E-state index contributed by atoms with van der Waals surface area (Å²) in [4.78, 5) is 23.4. The molecule has 1 rings (SSSR count). The zero-order chi connectivity index (χ0) is 14.6. The summed E-state index contributed by atoms with van der Waals surface area (Å²) in [6, 6.07) is 3.78. The van der Waals surface area contributed by atoms with Gasteiger partial charge in [-0.3, -0.25) is 4.79 Å². The van der Waals surface area contributed by atoms with E-state index >= 15 is 0 Å². The zero-order valence-corrected chi connectivity index (χ0v) is 11.2. The van der Waals surface area contributed by atoms with Crippen molar-refractivity contribution in [3.05, 3.63) is 34.9 Å². The van der Waals surface area contributed by atoms with Crippen molar-refractivity contribution in [3.63, 3.8) is 0 Å². The Labute approximate surface area is 114 Å². The van der Waals surface area contributed by atoms with Crippen molar-refractivity contribution >= 4 is 23.4 Å². The Morgan fingerprint density at radius 3 is 2.37 bits per heavy atom. The van der Waals surface area contributed by atoms with Gasteiger partial charge in [-0.05, 0) is 19.9 Å². The van der Waals surface area contributed by atoms with Crippen molar-refractivity contribution in [1.82, 2.24) is 0 Å². The van der Waals surface area contributed by atoms with Crippen LogP contribution in [0.25, 0.3) is 0 Å². The maximum absolute atomic E-state index is 13.1. The molecule has 0 aromatic heterocycles. The maximum atomic E-state index is 13.1. The highest BCUT2D eigenvalue weighted by Crippen LogP contribution is 2.29. The molecule has 0 spiro atoms. The van der Waals surface area contributed by atoms with Crippen molar-refractivity contribution in [2.75, 3.05) is 6.61 Å². The first kappa shape index (κ1) is 15.6. The molecule has 0 aliphatic carbocycles. The highest BCUT2D eigenvalue weighted by Gasteiger charge is 2.27. The molecule has 1 aromatic carbocycles. The third-order valence-corrected chi connectivity index (χ3v) is 2.64. The number of esters is 1. The molecule has 0 aliphatic heterocycles. The first-order chi connectivity index (χ1) is 8.90. The van der Waals surface area contributed by atoms with E-state index in [0.717, 1.165) is 0 Å². The lowest BCUT2D eigenvalue weighted by Gasteiger charge is -2.13. The smallest absolute Gasteiger partial charge is 0.338 e. The average Bonchev–Trinajstić information content (AvgIpc) is 2.36. The van der Waals surface area contributed by atoms with Gasteiger partial charge < -0.3 is 4.74 Å². The Balaban J connectivity index is 3.38. The third kappa shape index (κ3) is 3.50. The van der Waals surface area contributed by atoms with Gasteiger partial charge in [-0.25, -0.2) is 13.6 Å². The van der Waals surface area contributed by atoms with Gasteiger partial charge in [-0.2, -0.15) is 0 Å². The molecule has 6 heteroatoms. The van der Waals surface area contributed by atoms with E-state index in [1.807, 2.05) is 0 Å². The van der Waals surface area contributed by atoms with Gasteiger partial charge >= 0.3 is 5.97 Å². The Morgan fingerprint density at radius 2 is 1.89 bits per heavy atom. The molecule has 0 saturated carbocycles. The highest BCUT2D eigenvalue weighted by atomic mass is 35.5. The second kappa shape index (κ2) is 6.61. The second-order valence-corrected chi connectivity index (χ2v) is 4.42. The maximum Gasteiger partial charge on any atom is 0.338 e. The normalized spacial score (nSPS) is 12.3. The first-order valence-corrected chi connectivity index (χ1v) is 6.10. The van der Waals surface area contributed by atoms with Crippen LogP contribution in [-0.4, -0.2) is 23.7 Å². The number of benzene rings is 1. The standard InChI is InChI=1S/C13H13ClF2O3/c1-3-19-13(18)9-6-4-5-8(10(9)12(15)16)11(17)7(2)14/h4-7,12H,3H2,1-2H3. The fourth-order valence-electron chi connectivity index (χ4n) is 1.62. The number of alkyl halides is 3. The van der Waals surface area contributed by atoms with Crippen LogP contribution in [0.3, 0.4) is 0 Å². The molecule has 3 nitrogen and oxygen atoms in total. The van der Waals surface area contributed by atoms with E-state index < -0.39 is 29.1 Å². The minimum atomic E-state index is -2.96. The number of carbonyl (C=O) groups excluding carboxylic acids is 2. The van der Waals surface area contributed by atoms with Crippen LogP contribution in [0.2, 0.25) is 0 Å². The molecule has 1 unspecified atom stereocenters. The van der Waals surface area contributed by atoms with Gasteiger partial charge in [0.05, 0.1) is 17.5 Å². The predicted octanol–water partition coefficient (Wildman–Crippen LogP) is 3.61. The van der Waals surface area contributed by atoms with E-state index in [2.05, 4.69) is 0 Å². The number of ether oxygens (including phenoxy) is 1. The summed E-state index contributed by atoms with van der Waals surface area (Å²) >= 11 is 5.62. The van der Waals surface area contributed by atoms with Crippen molar-refractivity contribution in [1.29, 1.82) is 0 Å². The van der Waals surface area contributed by atoms with E-state index in [9.17, 15) is 18.4 Å². The summed E-state index contributed by atoms with van der Waals surface area (Å²) in [7, 11) is 0. The molecule has 0 fully saturated rings. The van der Waals surface area contributed by atoms with Crippen LogP contribution in [0.4, 0.5) is 8.78 Å². The zero-order valence-electron chi connectivity index (χ0n) is 10.5. The lowest BCUT2D eigenvalue weighted by Crippen LogP contribution is -2.17. The summed E-state index contributed by atoms with van der Waals surface area (Å²) in [5.41, 5.74) is -1.18. The average molecular weight is 291 g/mol. The molecule has 0 saturated heterocycles. The van der Waals surface area contributed by atoms with E-state index in [1.165, 1.54) is 25.1 Å². The van der Waals surface area contributed by atoms with Crippen molar-refractivity contribution < 1.29 is 23.1 Å². The Bertz CT molecular complexity index is 487. The predicted molar refractivity (Wildman–Crippen MR) is 67.0 cm³/mol. The largest absolute Gasteiger partial charge is 0.462 e. The van der Waals surface area contributed by atoms with Crippen LogP contribution < -0.4 is 0 Å². The van der Waals surface area contributed by atoms with Gasteiger partial charge in [0.25, 0.3) is 6.43 Å². The fourth-order valence-corrected chi connectivity index (χ4v) is 1.73. The van der Waals surface area contributed by atoms with Crippen molar-refractivity contribution in [2.24, 2.45) is 0 Å². The fraction of sp³-hybridized carbons (Fsp3) is 0.385. The Kier molecular flexibility index (Phi) is 5.42. The van der Waals surface area contributed by atoms with Crippen molar-refractivity contribution in [3.8, 4) is 0 Å². The summed E-state index contributed by atoms with van der Waals surface area (Å²) in [5, 5.41) is -0.949. The summed E-state index contributed by atoms with van der Waals surface area (Å²) in [6.07, 6.45) is -2.96. The number of rotatable bonds is 5. The van der Waals surface area contributed by atoms with Gasteiger partial charge in [0.15, 0.2) is 5.78 Å². The van der Waals surface area contributed by atoms with Gasteiger partial charge in [0.1, 0.15) is 0 Å². The molecule has 19 heavy (non-hydrogen) atoms. The number of Topliss-reactive ketones (excluding diaryl/α,β-unsaturated/α-hetero) is 1. The van der Waals surface area contributed by atoms with Crippen LogP contribution in [0.5, 0.6) is 0 Å². The lowest BCUT2D eigenvalue weighted by molar-refractivity contribution is 0.0515. The van der Waals surface area contributed by atoms with E-state index in [1.54, 1.807) is 6.92 Å². The molecule has 0 aliphatic rings. The summed E-state index contributed by atoms with van der Waals surface area (Å²) < 4.78 is 30.9. The number of hydrogen-bond donors (Lipinski definition) is 0. The number of carbonyl (C=O) groups is 2. The quantitative estimate of drug-likeness (QED) is 0.473. The lowest BCUT2D eigenvalue weighted by atomic mass is 9.97.